The van der Waals surface area contributed by atoms with E-state index in [-0.39, 0.29) is 22.9 Å². The van der Waals surface area contributed by atoms with E-state index < -0.39 is 13.2 Å². The number of urea groups is 1. The van der Waals surface area contributed by atoms with Gasteiger partial charge in [-0.3, -0.25) is 4.79 Å². The maximum absolute atomic E-state index is 12.5. The van der Waals surface area contributed by atoms with Crippen LogP contribution in [0.5, 0.6) is 0 Å². The molecule has 1 aromatic carbocycles. The van der Waals surface area contributed by atoms with Gasteiger partial charge in [0.25, 0.3) is 0 Å². The largest absolute Gasteiger partial charge is 0.452 e. The van der Waals surface area contributed by atoms with Gasteiger partial charge in [-0.15, -0.1) is 0 Å². The molecule has 0 spiro atoms. The van der Waals surface area contributed by atoms with E-state index in [1.807, 2.05) is 31.2 Å². The van der Waals surface area contributed by atoms with E-state index in [1.165, 1.54) is 0 Å². The van der Waals surface area contributed by atoms with Crippen molar-refractivity contribution in [1.29, 1.82) is 0 Å². The van der Waals surface area contributed by atoms with Crippen molar-refractivity contribution in [2.45, 2.75) is 52.7 Å². The van der Waals surface area contributed by atoms with Crippen LogP contribution in [-0.4, -0.2) is 37.4 Å². The number of hydrogen-bond acceptors (Lipinski definition) is 3. The molecule has 2 aliphatic carbocycles. The molecule has 2 bridgehead atoms. The van der Waals surface area contributed by atoms with E-state index in [2.05, 4.69) is 31.3 Å². The first-order valence-electron chi connectivity index (χ1n) is 9.05. The van der Waals surface area contributed by atoms with Gasteiger partial charge in [0, 0.05) is 12.5 Å². The van der Waals surface area contributed by atoms with Crippen LogP contribution < -0.4 is 16.0 Å². The lowest BCUT2D eigenvalue weighted by molar-refractivity contribution is 0.00191. The molecule has 4 unspecified atom stereocenters. The predicted molar refractivity (Wildman–Crippen MR) is 99.7 cm³/mol. The predicted octanol–water partition coefficient (Wildman–Crippen LogP) is 1.82. The maximum Gasteiger partial charge on any atom is 0.452 e. The quantitative estimate of drug-likeness (QED) is 0.730. The summed E-state index contributed by atoms with van der Waals surface area (Å²) >= 11 is 0. The number of carbonyl (C=O) groups excluding carboxylic acids is 1. The average Bonchev–Trinajstić information content (AvgIpc) is 2.87. The van der Waals surface area contributed by atoms with Crippen LogP contribution in [-0.2, 0) is 4.65 Å². The van der Waals surface area contributed by atoms with E-state index in [9.17, 15) is 9.90 Å². The molecule has 5 nitrogen and oxygen atoms in total. The van der Waals surface area contributed by atoms with Crippen molar-refractivity contribution in [2.24, 2.45) is 16.7 Å². The number of rotatable bonds is 4. The molecule has 2 amide bonds. The van der Waals surface area contributed by atoms with E-state index in [1.54, 1.807) is 7.11 Å². The molecule has 0 radical (unpaired) electrons. The Kier molecular flexibility index (Phi) is 4.62. The first-order chi connectivity index (χ1) is 11.7. The second-order valence-corrected chi connectivity index (χ2v) is 8.40. The molecule has 25 heavy (non-hydrogen) atoms. The van der Waals surface area contributed by atoms with E-state index >= 15 is 0 Å². The molecule has 2 fully saturated rings. The van der Waals surface area contributed by atoms with Crippen LogP contribution in [0.2, 0.25) is 0 Å². The summed E-state index contributed by atoms with van der Waals surface area (Å²) in [6.07, 6.45) is 1.53. The summed E-state index contributed by atoms with van der Waals surface area (Å²) in [5.41, 5.74) is 1.92. The molecule has 0 aromatic heterocycles. The minimum Gasteiger partial charge on any atom is -0.416 e. The third kappa shape index (κ3) is 2.85. The minimum absolute atomic E-state index is 0.0159. The fourth-order valence-electron chi connectivity index (χ4n) is 4.85. The molecule has 0 saturated heterocycles. The zero-order valence-corrected chi connectivity index (χ0v) is 15.8. The van der Waals surface area contributed by atoms with Crippen LogP contribution in [0.4, 0.5) is 4.79 Å². The number of aryl methyl sites for hydroxylation is 1. The van der Waals surface area contributed by atoms with Gasteiger partial charge in [0.1, 0.15) is 0 Å². The third-order valence-electron chi connectivity index (χ3n) is 6.98. The van der Waals surface area contributed by atoms with Crippen LogP contribution in [0, 0.1) is 23.7 Å². The molecule has 4 atom stereocenters. The topological polar surface area (TPSA) is 70.6 Å². The molecule has 6 heteroatoms. The lowest BCUT2D eigenvalue weighted by Gasteiger charge is -2.37. The molecule has 1 aromatic rings. The lowest BCUT2D eigenvalue weighted by Crippen LogP contribution is -2.58. The molecule has 2 saturated carbocycles. The highest BCUT2D eigenvalue weighted by atomic mass is 16.4. The first kappa shape index (κ1) is 18.3. The highest BCUT2D eigenvalue weighted by Crippen LogP contribution is 2.65. The van der Waals surface area contributed by atoms with Crippen molar-refractivity contribution in [2.75, 3.05) is 7.11 Å². The lowest BCUT2D eigenvalue weighted by atomic mass is 9.70. The fraction of sp³-hybridized carbons (Fsp3) is 0.632. The van der Waals surface area contributed by atoms with Gasteiger partial charge in [-0.05, 0) is 36.6 Å². The van der Waals surface area contributed by atoms with Crippen molar-refractivity contribution in [3.05, 3.63) is 29.8 Å². The Bertz CT molecular complexity index is 649. The number of amides is 2. The number of carbonyl (C=O) groups is 1. The number of aliphatic hydroxyl groups is 1. The number of fused-ring (bicyclic) bond motifs is 2. The summed E-state index contributed by atoms with van der Waals surface area (Å²) in [4.78, 5) is 12.5. The maximum atomic E-state index is 12.5. The van der Waals surface area contributed by atoms with Crippen LogP contribution >= 0.6 is 0 Å². The molecular weight excluding hydrogens is 315 g/mol. The molecule has 0 aliphatic heterocycles. The van der Waals surface area contributed by atoms with E-state index in [0.717, 1.165) is 23.9 Å². The van der Waals surface area contributed by atoms with Gasteiger partial charge >= 0.3 is 13.1 Å². The van der Waals surface area contributed by atoms with Crippen molar-refractivity contribution < 1.29 is 14.6 Å². The Labute approximate surface area is 150 Å². The molecule has 0 heterocycles. The second kappa shape index (κ2) is 6.33. The Balaban J connectivity index is 1.67. The van der Waals surface area contributed by atoms with Gasteiger partial charge in [-0.2, -0.15) is 0 Å². The number of nitrogens with one attached hydrogen (secondary N) is 2. The summed E-state index contributed by atoms with van der Waals surface area (Å²) in [7, 11) is 1.06. The van der Waals surface area contributed by atoms with E-state index in [0.29, 0.717) is 5.92 Å². The average molecular weight is 344 g/mol. The third-order valence-corrected chi connectivity index (χ3v) is 6.98. The van der Waals surface area contributed by atoms with Crippen molar-refractivity contribution in [3.63, 3.8) is 0 Å². The van der Waals surface area contributed by atoms with Gasteiger partial charge in [-0.1, -0.05) is 50.6 Å². The highest BCUT2D eigenvalue weighted by molar-refractivity contribution is 6.67. The zero-order valence-electron chi connectivity index (χ0n) is 15.8. The number of hydrogen-bond donors (Lipinski definition) is 3. The van der Waals surface area contributed by atoms with E-state index in [4.69, 9.17) is 4.65 Å². The molecular formula is C19H29BN2O3. The summed E-state index contributed by atoms with van der Waals surface area (Å²) in [6, 6.07) is 7.35. The van der Waals surface area contributed by atoms with Gasteiger partial charge in [0.05, 0.1) is 12.1 Å². The molecule has 3 N–H and O–H groups in total. The molecule has 2 aliphatic rings. The summed E-state index contributed by atoms with van der Waals surface area (Å²) < 4.78 is 5.43. The smallest absolute Gasteiger partial charge is 0.416 e. The van der Waals surface area contributed by atoms with Gasteiger partial charge < -0.3 is 20.3 Å². The number of benzene rings is 1. The molecule has 3 rings (SSSR count). The summed E-state index contributed by atoms with van der Waals surface area (Å²) in [6.45, 7) is 8.57. The van der Waals surface area contributed by atoms with Crippen LogP contribution in [0.15, 0.2) is 24.3 Å². The van der Waals surface area contributed by atoms with Crippen molar-refractivity contribution in [3.8, 4) is 0 Å². The van der Waals surface area contributed by atoms with Crippen LogP contribution in [0.1, 0.15) is 39.2 Å². The monoisotopic (exact) mass is 344 g/mol. The highest BCUT2D eigenvalue weighted by Gasteiger charge is 2.66. The molecule has 136 valence electrons. The SMILES string of the molecule is COB(NC(=O)NC1C2CCC(C)(C1O)C2(C)C)c1ccc(C)cc1. The standard InChI is InChI=1S/C19H29BN2O3/c1-12-6-8-13(9-7-12)20(25-5)22-17(24)21-15-14-10-11-19(4,16(15)23)18(14,2)3/h6-9,14-16,23H,10-11H2,1-5H3,(H2,21,22,24). The van der Waals surface area contributed by atoms with Crippen molar-refractivity contribution >= 4 is 18.5 Å². The van der Waals surface area contributed by atoms with Gasteiger partial charge in [-0.25, -0.2) is 0 Å². The normalized spacial score (nSPS) is 32.5. The summed E-state index contributed by atoms with van der Waals surface area (Å²) in [5.74, 6) is 0.290. The first-order valence-corrected chi connectivity index (χ1v) is 9.05. The summed E-state index contributed by atoms with van der Waals surface area (Å²) in [5, 5.41) is 16.7. The van der Waals surface area contributed by atoms with Gasteiger partial charge in [0.15, 0.2) is 0 Å². The zero-order chi connectivity index (χ0) is 18.4. The Morgan fingerprint density at radius 3 is 2.44 bits per heavy atom. The van der Waals surface area contributed by atoms with Crippen LogP contribution in [0.3, 0.4) is 0 Å². The number of aliphatic hydroxyl groups excluding tert-OH is 1. The Morgan fingerprint density at radius 2 is 1.92 bits per heavy atom. The van der Waals surface area contributed by atoms with Crippen LogP contribution in [0.25, 0.3) is 0 Å². The van der Waals surface area contributed by atoms with Gasteiger partial charge in [0.2, 0.25) is 0 Å². The Hall–Kier alpha value is -1.53. The second-order valence-electron chi connectivity index (χ2n) is 8.40. The Morgan fingerprint density at radius 1 is 1.28 bits per heavy atom. The fourth-order valence-corrected chi connectivity index (χ4v) is 4.85. The van der Waals surface area contributed by atoms with Crippen molar-refractivity contribution in [1.82, 2.24) is 10.5 Å². The minimum atomic E-state index is -0.521.